The van der Waals surface area contributed by atoms with Crippen LogP contribution < -0.4 is 24.8 Å². The predicted octanol–water partition coefficient (Wildman–Crippen LogP) is 6.19. The standard InChI is InChI=1S/C26H28ClN3O4S/c1-25(2)22(26(25,3)4)23(31)30-24(35)29-14-7-8-19(16(27)11-14)34-18-9-10-28-17-13-21(33-6)20(32-5)12-15(17)18/h7-13,22H,1-6H3,(H2,29,30,31,35). The van der Waals surface area contributed by atoms with Gasteiger partial charge in [-0.15, -0.1) is 0 Å². The van der Waals surface area contributed by atoms with Crippen LogP contribution in [0.15, 0.2) is 42.6 Å². The molecule has 184 valence electrons. The summed E-state index contributed by atoms with van der Waals surface area (Å²) in [5, 5.41) is 7.16. The number of thiocarbonyl (C=S) groups is 1. The van der Waals surface area contributed by atoms with Crippen molar-refractivity contribution in [1.82, 2.24) is 10.3 Å². The van der Waals surface area contributed by atoms with Crippen molar-refractivity contribution in [2.24, 2.45) is 16.7 Å². The summed E-state index contributed by atoms with van der Waals surface area (Å²) in [5.74, 6) is 1.99. The van der Waals surface area contributed by atoms with Crippen molar-refractivity contribution >= 4 is 51.4 Å². The molecular formula is C26H28ClN3O4S. The Balaban J connectivity index is 1.48. The number of nitrogens with one attached hydrogen (secondary N) is 2. The number of carbonyl (C=O) groups is 1. The number of hydrogen-bond acceptors (Lipinski definition) is 6. The molecule has 1 aromatic heterocycles. The van der Waals surface area contributed by atoms with Gasteiger partial charge in [0.25, 0.3) is 0 Å². The number of carbonyl (C=O) groups excluding carboxylic acids is 1. The number of nitrogens with zero attached hydrogens (tertiary/aromatic N) is 1. The van der Waals surface area contributed by atoms with E-state index in [9.17, 15) is 4.79 Å². The third-order valence-electron chi connectivity index (χ3n) is 7.14. The number of amides is 1. The van der Waals surface area contributed by atoms with Gasteiger partial charge in [-0.1, -0.05) is 39.3 Å². The van der Waals surface area contributed by atoms with Gasteiger partial charge in [0.2, 0.25) is 5.91 Å². The molecule has 0 radical (unpaired) electrons. The van der Waals surface area contributed by atoms with Crippen LogP contribution in [-0.4, -0.2) is 30.2 Å². The number of ether oxygens (including phenoxy) is 3. The van der Waals surface area contributed by atoms with Crippen LogP contribution in [0.3, 0.4) is 0 Å². The van der Waals surface area contributed by atoms with E-state index in [1.165, 1.54) is 0 Å². The average Bonchev–Trinajstić information content (AvgIpc) is 3.22. The number of hydrogen-bond donors (Lipinski definition) is 2. The quantitative estimate of drug-likeness (QED) is 0.380. The summed E-state index contributed by atoms with van der Waals surface area (Å²) in [6.07, 6.45) is 1.65. The highest BCUT2D eigenvalue weighted by molar-refractivity contribution is 7.80. The van der Waals surface area contributed by atoms with Crippen LogP contribution in [0.2, 0.25) is 5.02 Å². The maximum absolute atomic E-state index is 12.6. The average molecular weight is 514 g/mol. The summed E-state index contributed by atoms with van der Waals surface area (Å²) in [4.78, 5) is 17.0. The Kier molecular flexibility index (Phi) is 6.55. The Labute approximate surface area is 215 Å². The van der Waals surface area contributed by atoms with Gasteiger partial charge in [0.15, 0.2) is 16.6 Å². The molecule has 35 heavy (non-hydrogen) atoms. The third kappa shape index (κ3) is 4.60. The van der Waals surface area contributed by atoms with E-state index in [4.69, 9.17) is 38.0 Å². The second kappa shape index (κ2) is 9.17. The maximum Gasteiger partial charge on any atom is 0.230 e. The minimum Gasteiger partial charge on any atom is -0.493 e. The molecule has 0 spiro atoms. The Morgan fingerprint density at radius 3 is 2.23 bits per heavy atom. The molecule has 7 nitrogen and oxygen atoms in total. The first-order valence-corrected chi connectivity index (χ1v) is 11.9. The molecule has 2 N–H and O–H groups in total. The lowest BCUT2D eigenvalue weighted by Gasteiger charge is -2.14. The van der Waals surface area contributed by atoms with E-state index in [1.54, 1.807) is 50.7 Å². The minimum absolute atomic E-state index is 0.0682. The third-order valence-corrected chi connectivity index (χ3v) is 7.64. The van der Waals surface area contributed by atoms with Gasteiger partial charge in [-0.05, 0) is 53.4 Å². The van der Waals surface area contributed by atoms with Crippen molar-refractivity contribution in [3.05, 3.63) is 47.6 Å². The second-order valence-electron chi connectivity index (χ2n) is 9.60. The first-order chi connectivity index (χ1) is 16.5. The van der Waals surface area contributed by atoms with Crippen molar-refractivity contribution in [2.45, 2.75) is 27.7 Å². The van der Waals surface area contributed by atoms with Gasteiger partial charge in [-0.25, -0.2) is 0 Å². The van der Waals surface area contributed by atoms with E-state index >= 15 is 0 Å². The second-order valence-corrected chi connectivity index (χ2v) is 10.4. The molecule has 0 aliphatic heterocycles. The van der Waals surface area contributed by atoms with Crippen LogP contribution in [-0.2, 0) is 4.79 Å². The van der Waals surface area contributed by atoms with E-state index in [0.717, 1.165) is 5.39 Å². The molecule has 3 aromatic rings. The van der Waals surface area contributed by atoms with E-state index < -0.39 is 0 Å². The van der Waals surface area contributed by atoms with Gasteiger partial charge in [0.1, 0.15) is 11.5 Å². The summed E-state index contributed by atoms with van der Waals surface area (Å²) in [6.45, 7) is 8.35. The van der Waals surface area contributed by atoms with Gasteiger partial charge in [0.05, 0.1) is 24.8 Å². The molecule has 1 heterocycles. The number of benzene rings is 2. The number of methoxy groups -OCH3 is 2. The van der Waals surface area contributed by atoms with Gasteiger partial charge < -0.3 is 24.8 Å². The normalized spacial score (nSPS) is 15.9. The van der Waals surface area contributed by atoms with Gasteiger partial charge in [-0.2, -0.15) is 0 Å². The van der Waals surface area contributed by atoms with Crippen LogP contribution in [0.1, 0.15) is 27.7 Å². The highest BCUT2D eigenvalue weighted by atomic mass is 35.5. The summed E-state index contributed by atoms with van der Waals surface area (Å²) in [7, 11) is 3.15. The van der Waals surface area contributed by atoms with Crippen LogP contribution in [0, 0.1) is 16.7 Å². The molecule has 1 aliphatic rings. The number of halogens is 1. The zero-order valence-electron chi connectivity index (χ0n) is 20.5. The monoisotopic (exact) mass is 513 g/mol. The van der Waals surface area contributed by atoms with Crippen LogP contribution in [0.4, 0.5) is 5.69 Å². The lowest BCUT2D eigenvalue weighted by Crippen LogP contribution is -2.36. The maximum atomic E-state index is 12.6. The topological polar surface area (TPSA) is 81.7 Å². The molecular weight excluding hydrogens is 486 g/mol. The van der Waals surface area contributed by atoms with Crippen molar-refractivity contribution < 1.29 is 19.0 Å². The van der Waals surface area contributed by atoms with E-state index in [0.29, 0.717) is 39.2 Å². The summed E-state index contributed by atoms with van der Waals surface area (Å²) in [6, 6.07) is 10.5. The summed E-state index contributed by atoms with van der Waals surface area (Å²) >= 11 is 11.8. The molecule has 4 rings (SSSR count). The van der Waals surface area contributed by atoms with Crippen molar-refractivity contribution in [3.8, 4) is 23.0 Å². The smallest absolute Gasteiger partial charge is 0.230 e. The first-order valence-electron chi connectivity index (χ1n) is 11.1. The molecule has 0 atom stereocenters. The lowest BCUT2D eigenvalue weighted by atomic mass is 10.0. The number of anilines is 1. The molecule has 0 bridgehead atoms. The largest absolute Gasteiger partial charge is 0.493 e. The van der Waals surface area contributed by atoms with Gasteiger partial charge in [0, 0.05) is 29.3 Å². The number of fused-ring (bicyclic) bond motifs is 1. The molecule has 0 saturated heterocycles. The number of rotatable bonds is 6. The lowest BCUT2D eigenvalue weighted by molar-refractivity contribution is -0.122. The number of aromatic nitrogens is 1. The van der Waals surface area contributed by atoms with E-state index in [-0.39, 0.29) is 27.8 Å². The fourth-order valence-corrected chi connectivity index (χ4v) is 4.95. The highest BCUT2D eigenvalue weighted by Gasteiger charge is 2.68. The van der Waals surface area contributed by atoms with Crippen molar-refractivity contribution in [1.29, 1.82) is 0 Å². The molecule has 1 amide bonds. The Morgan fingerprint density at radius 1 is 0.971 bits per heavy atom. The van der Waals surface area contributed by atoms with E-state index in [1.807, 2.05) is 6.07 Å². The Bertz CT molecular complexity index is 1310. The highest BCUT2D eigenvalue weighted by Crippen LogP contribution is 2.68. The molecule has 9 heteroatoms. The first kappa shape index (κ1) is 25.0. The van der Waals surface area contributed by atoms with Crippen LogP contribution in [0.5, 0.6) is 23.0 Å². The SMILES string of the molecule is COc1cc2nccc(Oc3ccc(NC(=S)NC(=O)C4C(C)(C)C4(C)C)cc3Cl)c2cc1OC. The van der Waals surface area contributed by atoms with Crippen molar-refractivity contribution in [2.75, 3.05) is 19.5 Å². The fraction of sp³-hybridized carbons (Fsp3) is 0.346. The van der Waals surface area contributed by atoms with Crippen molar-refractivity contribution in [3.63, 3.8) is 0 Å². The zero-order valence-corrected chi connectivity index (χ0v) is 22.1. The Morgan fingerprint density at radius 2 is 1.63 bits per heavy atom. The minimum atomic E-state index is -0.0945. The van der Waals surface area contributed by atoms with Crippen LogP contribution >= 0.6 is 23.8 Å². The molecule has 1 saturated carbocycles. The molecule has 2 aromatic carbocycles. The molecule has 0 unspecified atom stereocenters. The number of pyridine rings is 1. The van der Waals surface area contributed by atoms with E-state index in [2.05, 4.69) is 43.3 Å². The Hall–Kier alpha value is -3.10. The van der Waals surface area contributed by atoms with Gasteiger partial charge in [-0.3, -0.25) is 9.78 Å². The zero-order chi connectivity index (χ0) is 25.5. The van der Waals surface area contributed by atoms with Crippen LogP contribution in [0.25, 0.3) is 10.9 Å². The molecule has 1 aliphatic carbocycles. The predicted molar refractivity (Wildman–Crippen MR) is 142 cm³/mol. The molecule has 1 fully saturated rings. The fourth-order valence-electron chi connectivity index (χ4n) is 4.51. The van der Waals surface area contributed by atoms with Gasteiger partial charge >= 0.3 is 0 Å². The summed E-state index contributed by atoms with van der Waals surface area (Å²) in [5.41, 5.74) is 1.19. The summed E-state index contributed by atoms with van der Waals surface area (Å²) < 4.78 is 16.9.